The maximum absolute atomic E-state index is 12.1. The zero-order chi connectivity index (χ0) is 20.8. The standard InChI is InChI=1S/C26H22BrNO2/c27-17-20-14-12-19(13-15-20)7-5-6-16-28-26(29)30-18-25-23-10-3-1-8-21(23)22-9-2-4-11-24(22)25/h1-4,8-15,25H,6,16-18H2,(H,28,29). The molecular formula is C26H22BrNO2. The van der Waals surface area contributed by atoms with Crippen molar-refractivity contribution in [3.05, 3.63) is 95.1 Å². The van der Waals surface area contributed by atoms with E-state index in [9.17, 15) is 4.79 Å². The molecule has 1 aliphatic rings. The number of rotatable bonds is 5. The highest BCUT2D eigenvalue weighted by Gasteiger charge is 2.28. The van der Waals surface area contributed by atoms with Gasteiger partial charge in [0.2, 0.25) is 0 Å². The molecule has 3 nitrogen and oxygen atoms in total. The number of alkyl carbamates (subject to hydrolysis) is 1. The zero-order valence-electron chi connectivity index (χ0n) is 16.5. The summed E-state index contributed by atoms with van der Waals surface area (Å²) in [7, 11) is 0. The first-order chi connectivity index (χ1) is 14.8. The smallest absolute Gasteiger partial charge is 0.407 e. The Balaban J connectivity index is 1.27. The van der Waals surface area contributed by atoms with Crippen molar-refractivity contribution in [2.24, 2.45) is 0 Å². The van der Waals surface area contributed by atoms with Crippen LogP contribution in [-0.2, 0) is 10.1 Å². The highest BCUT2D eigenvalue weighted by atomic mass is 79.9. The van der Waals surface area contributed by atoms with Gasteiger partial charge in [0.05, 0.1) is 0 Å². The number of benzene rings is 3. The van der Waals surface area contributed by atoms with Crippen molar-refractivity contribution in [3.63, 3.8) is 0 Å². The van der Waals surface area contributed by atoms with Gasteiger partial charge < -0.3 is 10.1 Å². The Labute approximate surface area is 185 Å². The van der Waals surface area contributed by atoms with Crippen molar-refractivity contribution < 1.29 is 9.53 Å². The summed E-state index contributed by atoms with van der Waals surface area (Å²) in [4.78, 5) is 12.1. The average molecular weight is 460 g/mol. The zero-order valence-corrected chi connectivity index (χ0v) is 18.1. The van der Waals surface area contributed by atoms with Gasteiger partial charge in [-0.25, -0.2) is 4.79 Å². The maximum Gasteiger partial charge on any atom is 0.407 e. The van der Waals surface area contributed by atoms with E-state index < -0.39 is 6.09 Å². The van der Waals surface area contributed by atoms with Gasteiger partial charge in [0.1, 0.15) is 6.61 Å². The minimum absolute atomic E-state index is 0.0745. The molecular weight excluding hydrogens is 438 g/mol. The molecule has 0 heterocycles. The van der Waals surface area contributed by atoms with Crippen LogP contribution in [0.1, 0.15) is 34.6 Å². The number of halogens is 1. The fraction of sp³-hybridized carbons (Fsp3) is 0.192. The molecule has 4 heteroatoms. The summed E-state index contributed by atoms with van der Waals surface area (Å²) in [6, 6.07) is 24.7. The second-order valence-corrected chi connectivity index (χ2v) is 7.70. The summed E-state index contributed by atoms with van der Waals surface area (Å²) < 4.78 is 5.53. The molecule has 4 rings (SSSR count). The fourth-order valence-corrected chi connectivity index (χ4v) is 4.09. The molecule has 0 aromatic heterocycles. The molecule has 0 radical (unpaired) electrons. The summed E-state index contributed by atoms with van der Waals surface area (Å²) in [6.07, 6.45) is 0.171. The molecule has 0 saturated carbocycles. The Bertz CT molecular complexity index is 1050. The number of amides is 1. The van der Waals surface area contributed by atoms with Gasteiger partial charge in [0.25, 0.3) is 0 Å². The lowest BCUT2D eigenvalue weighted by atomic mass is 9.98. The Morgan fingerprint density at radius 3 is 2.20 bits per heavy atom. The van der Waals surface area contributed by atoms with Gasteiger partial charge in [-0.1, -0.05) is 88.4 Å². The molecule has 1 N–H and O–H groups in total. The fourth-order valence-electron chi connectivity index (χ4n) is 3.72. The van der Waals surface area contributed by atoms with Crippen LogP contribution in [0.2, 0.25) is 0 Å². The maximum atomic E-state index is 12.1. The first kappa shape index (κ1) is 20.3. The van der Waals surface area contributed by atoms with E-state index in [1.54, 1.807) is 0 Å². The van der Waals surface area contributed by atoms with Gasteiger partial charge in [-0.05, 0) is 39.9 Å². The minimum Gasteiger partial charge on any atom is -0.449 e. The second-order valence-electron chi connectivity index (χ2n) is 7.13. The first-order valence-corrected chi connectivity index (χ1v) is 11.1. The van der Waals surface area contributed by atoms with E-state index in [2.05, 4.69) is 57.4 Å². The SMILES string of the molecule is O=C(NCCC#Cc1ccc(CBr)cc1)OCC1c2ccccc2-c2ccccc21. The Hall–Kier alpha value is -3.03. The van der Waals surface area contributed by atoms with E-state index >= 15 is 0 Å². The van der Waals surface area contributed by atoms with Gasteiger partial charge in [-0.2, -0.15) is 0 Å². The van der Waals surface area contributed by atoms with Crippen LogP contribution in [-0.4, -0.2) is 19.2 Å². The van der Waals surface area contributed by atoms with Crippen LogP contribution in [0.3, 0.4) is 0 Å². The Morgan fingerprint density at radius 2 is 1.57 bits per heavy atom. The van der Waals surface area contributed by atoms with Crippen LogP contribution < -0.4 is 5.32 Å². The monoisotopic (exact) mass is 459 g/mol. The Morgan fingerprint density at radius 1 is 0.933 bits per heavy atom. The summed E-state index contributed by atoms with van der Waals surface area (Å²) in [6.45, 7) is 0.786. The summed E-state index contributed by atoms with van der Waals surface area (Å²) in [5, 5.41) is 3.63. The van der Waals surface area contributed by atoms with E-state index in [1.807, 2.05) is 48.5 Å². The van der Waals surface area contributed by atoms with E-state index in [-0.39, 0.29) is 5.92 Å². The van der Waals surface area contributed by atoms with E-state index in [1.165, 1.54) is 27.8 Å². The van der Waals surface area contributed by atoms with E-state index in [0.717, 1.165) is 10.9 Å². The predicted molar refractivity (Wildman–Crippen MR) is 124 cm³/mol. The lowest BCUT2D eigenvalue weighted by molar-refractivity contribution is 0.143. The van der Waals surface area contributed by atoms with Crippen LogP contribution in [0.4, 0.5) is 4.79 Å². The van der Waals surface area contributed by atoms with Crippen molar-refractivity contribution in [1.29, 1.82) is 0 Å². The number of fused-ring (bicyclic) bond motifs is 3. The number of nitrogens with one attached hydrogen (secondary N) is 1. The summed E-state index contributed by atoms with van der Waals surface area (Å²) in [5.74, 6) is 6.27. The van der Waals surface area contributed by atoms with Gasteiger partial charge in [0.15, 0.2) is 0 Å². The van der Waals surface area contributed by atoms with Crippen molar-refractivity contribution in [2.45, 2.75) is 17.7 Å². The summed E-state index contributed by atoms with van der Waals surface area (Å²) >= 11 is 3.43. The number of hydrogen-bond donors (Lipinski definition) is 1. The molecule has 3 aromatic carbocycles. The third kappa shape index (κ3) is 4.58. The molecule has 30 heavy (non-hydrogen) atoms. The molecule has 0 bridgehead atoms. The van der Waals surface area contributed by atoms with Crippen molar-refractivity contribution >= 4 is 22.0 Å². The molecule has 3 aromatic rings. The second kappa shape index (κ2) is 9.65. The molecule has 0 unspecified atom stereocenters. The van der Waals surface area contributed by atoms with Crippen LogP contribution in [0, 0.1) is 11.8 Å². The van der Waals surface area contributed by atoms with Crippen molar-refractivity contribution in [3.8, 4) is 23.0 Å². The third-order valence-electron chi connectivity index (χ3n) is 5.20. The number of ether oxygens (including phenoxy) is 1. The number of hydrogen-bond acceptors (Lipinski definition) is 2. The van der Waals surface area contributed by atoms with Gasteiger partial charge >= 0.3 is 6.09 Å². The summed E-state index contributed by atoms with van der Waals surface area (Å²) in [5.41, 5.74) is 7.06. The van der Waals surface area contributed by atoms with Gasteiger partial charge in [-0.3, -0.25) is 0 Å². The highest BCUT2D eigenvalue weighted by Crippen LogP contribution is 2.44. The molecule has 0 atom stereocenters. The van der Waals surface area contributed by atoms with E-state index in [0.29, 0.717) is 19.6 Å². The quantitative estimate of drug-likeness (QED) is 0.294. The predicted octanol–water partition coefficient (Wildman–Crippen LogP) is 5.86. The molecule has 0 aliphatic heterocycles. The van der Waals surface area contributed by atoms with Crippen molar-refractivity contribution in [1.82, 2.24) is 5.32 Å². The molecule has 0 saturated heterocycles. The molecule has 1 aliphatic carbocycles. The van der Waals surface area contributed by atoms with Crippen LogP contribution in [0.25, 0.3) is 11.1 Å². The largest absolute Gasteiger partial charge is 0.449 e. The molecule has 1 amide bonds. The van der Waals surface area contributed by atoms with Crippen LogP contribution in [0.5, 0.6) is 0 Å². The third-order valence-corrected chi connectivity index (χ3v) is 5.85. The lowest BCUT2D eigenvalue weighted by Crippen LogP contribution is -2.26. The number of carbonyl (C=O) groups is 1. The number of alkyl halides is 1. The van der Waals surface area contributed by atoms with Gasteiger partial charge in [-0.15, -0.1) is 0 Å². The molecule has 0 spiro atoms. The Kier molecular flexibility index (Phi) is 6.51. The average Bonchev–Trinajstić information content (AvgIpc) is 3.12. The van der Waals surface area contributed by atoms with Crippen LogP contribution >= 0.6 is 15.9 Å². The van der Waals surface area contributed by atoms with Crippen molar-refractivity contribution in [2.75, 3.05) is 13.2 Å². The minimum atomic E-state index is -0.402. The van der Waals surface area contributed by atoms with E-state index in [4.69, 9.17) is 4.74 Å². The lowest BCUT2D eigenvalue weighted by Gasteiger charge is -2.14. The molecule has 150 valence electrons. The van der Waals surface area contributed by atoms with Gasteiger partial charge in [0, 0.05) is 29.8 Å². The molecule has 0 fully saturated rings. The number of carbonyl (C=O) groups excluding carboxylic acids is 1. The highest BCUT2D eigenvalue weighted by molar-refractivity contribution is 9.08. The topological polar surface area (TPSA) is 38.3 Å². The van der Waals surface area contributed by atoms with Crippen LogP contribution in [0.15, 0.2) is 72.8 Å². The first-order valence-electron chi connectivity index (χ1n) is 9.99. The normalized spacial score (nSPS) is 11.8.